The molecule has 2 aromatic rings. The Hall–Kier alpha value is -3.08. The van der Waals surface area contributed by atoms with Gasteiger partial charge in [-0.05, 0) is 55.5 Å². The summed E-state index contributed by atoms with van der Waals surface area (Å²) in [5, 5.41) is 11.2. The number of amides is 1. The fraction of sp³-hybridized carbons (Fsp3) is 0.385. The molecule has 1 fully saturated rings. The molecule has 2 aliphatic rings. The van der Waals surface area contributed by atoms with Crippen molar-refractivity contribution in [2.24, 2.45) is 0 Å². The van der Waals surface area contributed by atoms with Gasteiger partial charge in [0.15, 0.2) is 0 Å². The summed E-state index contributed by atoms with van der Waals surface area (Å²) < 4.78 is 5.67. The highest BCUT2D eigenvalue weighted by molar-refractivity contribution is 6.46. The molecule has 5 heteroatoms. The summed E-state index contributed by atoms with van der Waals surface area (Å²) in [6.45, 7) is 5.27. The average molecular weight is 420 g/mol. The number of rotatable bonds is 6. The van der Waals surface area contributed by atoms with Crippen molar-refractivity contribution in [2.75, 3.05) is 13.2 Å². The van der Waals surface area contributed by atoms with Gasteiger partial charge in [0.1, 0.15) is 11.5 Å². The second kappa shape index (κ2) is 8.96. The van der Waals surface area contributed by atoms with Crippen LogP contribution in [-0.2, 0) is 16.0 Å². The largest absolute Gasteiger partial charge is 0.507 e. The van der Waals surface area contributed by atoms with E-state index in [1.54, 1.807) is 11.0 Å². The van der Waals surface area contributed by atoms with Gasteiger partial charge in [-0.1, -0.05) is 49.6 Å². The number of hydrogen-bond donors (Lipinski definition) is 1. The Bertz CT molecular complexity index is 1040. The van der Waals surface area contributed by atoms with Crippen molar-refractivity contribution in [3.63, 3.8) is 0 Å². The van der Waals surface area contributed by atoms with Crippen molar-refractivity contribution < 1.29 is 19.4 Å². The summed E-state index contributed by atoms with van der Waals surface area (Å²) in [5.74, 6) is -0.450. The molecular formula is C26H29NO4. The first-order chi connectivity index (χ1) is 15.0. The Balaban J connectivity index is 1.81. The highest BCUT2D eigenvalue weighted by atomic mass is 16.5. The van der Waals surface area contributed by atoms with Crippen molar-refractivity contribution in [3.05, 3.63) is 70.3 Å². The smallest absolute Gasteiger partial charge is 0.295 e. The molecule has 31 heavy (non-hydrogen) atoms. The van der Waals surface area contributed by atoms with E-state index in [1.165, 1.54) is 0 Å². The number of nitrogens with zero attached hydrogens (tertiary/aromatic N) is 1. The van der Waals surface area contributed by atoms with Crippen LogP contribution < -0.4 is 4.74 Å². The molecule has 5 nitrogen and oxygen atoms in total. The van der Waals surface area contributed by atoms with Crippen LogP contribution in [0.5, 0.6) is 5.75 Å². The lowest BCUT2D eigenvalue weighted by Crippen LogP contribution is -2.30. The number of benzene rings is 2. The Labute approximate surface area is 183 Å². The van der Waals surface area contributed by atoms with Crippen LogP contribution in [0.15, 0.2) is 48.0 Å². The van der Waals surface area contributed by atoms with Crippen molar-refractivity contribution >= 4 is 17.4 Å². The third-order valence-corrected chi connectivity index (χ3v) is 6.08. The van der Waals surface area contributed by atoms with Crippen LogP contribution in [0.3, 0.4) is 0 Å². The molecular weight excluding hydrogens is 390 g/mol. The lowest BCUT2D eigenvalue weighted by Gasteiger charge is -2.25. The Morgan fingerprint density at radius 3 is 2.77 bits per heavy atom. The summed E-state index contributed by atoms with van der Waals surface area (Å²) >= 11 is 0. The molecule has 0 aromatic heterocycles. The number of aryl methyl sites for hydroxylation is 2. The first kappa shape index (κ1) is 21.2. The highest BCUT2D eigenvalue weighted by Gasteiger charge is 2.45. The fourth-order valence-corrected chi connectivity index (χ4v) is 4.49. The number of hydrogen-bond acceptors (Lipinski definition) is 4. The maximum absolute atomic E-state index is 13.1. The van der Waals surface area contributed by atoms with E-state index in [1.807, 2.05) is 43.3 Å². The van der Waals surface area contributed by atoms with Crippen LogP contribution in [0.1, 0.15) is 60.9 Å². The van der Waals surface area contributed by atoms with E-state index < -0.39 is 17.7 Å². The lowest BCUT2D eigenvalue weighted by atomic mass is 9.93. The van der Waals surface area contributed by atoms with Crippen LogP contribution in [0.2, 0.25) is 0 Å². The van der Waals surface area contributed by atoms with Gasteiger partial charge in [0, 0.05) is 12.1 Å². The summed E-state index contributed by atoms with van der Waals surface area (Å²) in [4.78, 5) is 27.7. The molecule has 0 spiro atoms. The third-order valence-electron chi connectivity index (χ3n) is 6.08. The SMILES string of the molecule is CCCCCN1C(=O)C(=O)/C(=C(\O)c2ccc3c(c2)CCCO3)C1c1cccc(C)c1. The van der Waals surface area contributed by atoms with Crippen molar-refractivity contribution in [1.82, 2.24) is 4.90 Å². The van der Waals surface area contributed by atoms with E-state index in [-0.39, 0.29) is 11.3 Å². The molecule has 1 saturated heterocycles. The summed E-state index contributed by atoms with van der Waals surface area (Å²) in [5.41, 5.74) is 3.62. The molecule has 2 aliphatic heterocycles. The van der Waals surface area contributed by atoms with Gasteiger partial charge in [0.25, 0.3) is 11.7 Å². The van der Waals surface area contributed by atoms with Crippen LogP contribution in [-0.4, -0.2) is 34.8 Å². The summed E-state index contributed by atoms with van der Waals surface area (Å²) in [6, 6.07) is 12.7. The minimum absolute atomic E-state index is 0.115. The molecule has 4 rings (SSSR count). The normalized spacial score (nSPS) is 19.9. The summed E-state index contributed by atoms with van der Waals surface area (Å²) in [7, 11) is 0. The first-order valence-electron chi connectivity index (χ1n) is 11.1. The van der Waals surface area contributed by atoms with E-state index in [4.69, 9.17) is 4.74 Å². The summed E-state index contributed by atoms with van der Waals surface area (Å²) in [6.07, 6.45) is 4.61. The molecule has 0 saturated carbocycles. The van der Waals surface area contributed by atoms with Crippen molar-refractivity contribution in [2.45, 2.75) is 52.0 Å². The van der Waals surface area contributed by atoms with Crippen molar-refractivity contribution in [1.29, 1.82) is 0 Å². The molecule has 0 aliphatic carbocycles. The van der Waals surface area contributed by atoms with Gasteiger partial charge in [0.05, 0.1) is 18.2 Å². The van der Waals surface area contributed by atoms with Gasteiger partial charge in [-0.15, -0.1) is 0 Å². The monoisotopic (exact) mass is 419 g/mol. The number of ether oxygens (including phenoxy) is 1. The molecule has 0 radical (unpaired) electrons. The number of fused-ring (bicyclic) bond motifs is 1. The average Bonchev–Trinajstić information content (AvgIpc) is 3.03. The van der Waals surface area contributed by atoms with Crippen LogP contribution in [0.4, 0.5) is 0 Å². The number of aliphatic hydroxyl groups is 1. The van der Waals surface area contributed by atoms with E-state index in [9.17, 15) is 14.7 Å². The molecule has 1 N–H and O–H groups in total. The van der Waals surface area contributed by atoms with Gasteiger partial charge in [-0.25, -0.2) is 0 Å². The Morgan fingerprint density at radius 1 is 1.16 bits per heavy atom. The van der Waals surface area contributed by atoms with E-state index in [0.717, 1.165) is 54.5 Å². The second-order valence-electron chi connectivity index (χ2n) is 8.39. The topological polar surface area (TPSA) is 66.8 Å². The molecule has 162 valence electrons. The first-order valence-corrected chi connectivity index (χ1v) is 11.1. The zero-order valence-electron chi connectivity index (χ0n) is 18.2. The van der Waals surface area contributed by atoms with E-state index >= 15 is 0 Å². The van der Waals surface area contributed by atoms with Crippen LogP contribution in [0, 0.1) is 6.92 Å². The number of unbranched alkanes of at least 4 members (excludes halogenated alkanes) is 2. The van der Waals surface area contributed by atoms with Gasteiger partial charge in [0.2, 0.25) is 0 Å². The van der Waals surface area contributed by atoms with Crippen LogP contribution >= 0.6 is 0 Å². The maximum atomic E-state index is 13.1. The fourth-order valence-electron chi connectivity index (χ4n) is 4.49. The number of ketones is 1. The third kappa shape index (κ3) is 4.09. The molecule has 2 heterocycles. The minimum atomic E-state index is -0.616. The maximum Gasteiger partial charge on any atom is 0.295 e. The predicted octanol–water partition coefficient (Wildman–Crippen LogP) is 4.93. The number of Topliss-reactive ketones (excluding diaryl/α,β-unsaturated/α-hetero) is 1. The second-order valence-corrected chi connectivity index (χ2v) is 8.39. The van der Waals surface area contributed by atoms with Gasteiger partial charge in [-0.2, -0.15) is 0 Å². The van der Waals surface area contributed by atoms with Gasteiger partial charge >= 0.3 is 0 Å². The zero-order chi connectivity index (χ0) is 22.0. The van der Waals surface area contributed by atoms with Gasteiger partial charge in [-0.3, -0.25) is 9.59 Å². The lowest BCUT2D eigenvalue weighted by molar-refractivity contribution is -0.139. The number of likely N-dealkylation sites (tertiary alicyclic amines) is 1. The molecule has 2 aromatic carbocycles. The zero-order valence-corrected chi connectivity index (χ0v) is 18.2. The number of carbonyl (C=O) groups is 2. The van der Waals surface area contributed by atoms with Crippen LogP contribution in [0.25, 0.3) is 5.76 Å². The molecule has 1 atom stereocenters. The van der Waals surface area contributed by atoms with Gasteiger partial charge < -0.3 is 14.7 Å². The molecule has 1 unspecified atom stereocenters. The number of carbonyl (C=O) groups excluding carboxylic acids is 2. The highest BCUT2D eigenvalue weighted by Crippen LogP contribution is 2.40. The quantitative estimate of drug-likeness (QED) is 0.312. The van der Waals surface area contributed by atoms with E-state index in [0.29, 0.717) is 18.7 Å². The molecule has 1 amide bonds. The number of aliphatic hydroxyl groups excluding tert-OH is 1. The Morgan fingerprint density at radius 2 is 2.00 bits per heavy atom. The minimum Gasteiger partial charge on any atom is -0.507 e. The predicted molar refractivity (Wildman–Crippen MR) is 120 cm³/mol. The standard InChI is InChI=1S/C26H29NO4/c1-3-4-5-13-27-23(19-9-6-8-17(2)15-19)22(25(29)26(27)30)24(28)20-11-12-21-18(16-20)10-7-14-31-21/h6,8-9,11-12,15-16,23,28H,3-5,7,10,13-14H2,1-2H3/b24-22-. The Kier molecular flexibility index (Phi) is 6.12. The van der Waals surface area contributed by atoms with Crippen molar-refractivity contribution in [3.8, 4) is 5.75 Å². The molecule has 0 bridgehead atoms. The van der Waals surface area contributed by atoms with E-state index in [2.05, 4.69) is 6.92 Å².